The van der Waals surface area contributed by atoms with Crippen LogP contribution >= 0.6 is 0 Å². The van der Waals surface area contributed by atoms with Gasteiger partial charge in [-0.1, -0.05) is 79.1 Å². The Balaban J connectivity index is 4.19. The van der Waals surface area contributed by atoms with Crippen LogP contribution in [0, 0.1) is 11.8 Å². The molecule has 2 atom stereocenters. The summed E-state index contributed by atoms with van der Waals surface area (Å²) in [5.41, 5.74) is 0. The smallest absolute Gasteiger partial charge is 0.331 e. The molecule has 0 aliphatic rings. The fourth-order valence-electron chi connectivity index (χ4n) is 3.44. The number of carbonyl (C=O) groups is 2. The quantitative estimate of drug-likeness (QED) is 0.148. The summed E-state index contributed by atoms with van der Waals surface area (Å²) >= 11 is 0. The molecule has 4 heteroatoms. The number of hydrogen-bond donors (Lipinski definition) is 0. The van der Waals surface area contributed by atoms with Gasteiger partial charge in [-0.3, -0.25) is 0 Å². The van der Waals surface area contributed by atoms with Crippen LogP contribution in [-0.4, -0.2) is 25.2 Å². The van der Waals surface area contributed by atoms with E-state index in [1.165, 1.54) is 50.7 Å². The molecule has 0 heterocycles. The first-order valence-corrected chi connectivity index (χ1v) is 11.6. The van der Waals surface area contributed by atoms with Crippen molar-refractivity contribution in [1.29, 1.82) is 0 Å². The van der Waals surface area contributed by atoms with Crippen LogP contribution in [0.1, 0.15) is 105 Å². The van der Waals surface area contributed by atoms with Gasteiger partial charge in [-0.2, -0.15) is 0 Å². The van der Waals surface area contributed by atoms with Gasteiger partial charge in [-0.15, -0.1) is 0 Å². The van der Waals surface area contributed by atoms with Crippen LogP contribution in [0.25, 0.3) is 0 Å². The molecule has 0 aromatic carbocycles. The molecular weight excluding hydrogens is 352 g/mol. The summed E-state index contributed by atoms with van der Waals surface area (Å²) < 4.78 is 10.7. The van der Waals surface area contributed by atoms with Gasteiger partial charge in [0.15, 0.2) is 0 Å². The fourth-order valence-corrected chi connectivity index (χ4v) is 3.44. The first-order chi connectivity index (χ1) is 13.6. The van der Waals surface area contributed by atoms with Crippen LogP contribution in [0.4, 0.5) is 0 Å². The van der Waals surface area contributed by atoms with E-state index >= 15 is 0 Å². The highest BCUT2D eigenvalue weighted by molar-refractivity contribution is 5.91. The van der Waals surface area contributed by atoms with E-state index < -0.39 is 11.9 Å². The van der Waals surface area contributed by atoms with Gasteiger partial charge in [-0.05, 0) is 37.5 Å². The van der Waals surface area contributed by atoms with Crippen molar-refractivity contribution in [2.24, 2.45) is 11.8 Å². The van der Waals surface area contributed by atoms with E-state index in [4.69, 9.17) is 9.47 Å². The molecule has 4 nitrogen and oxygen atoms in total. The van der Waals surface area contributed by atoms with Crippen LogP contribution in [0.3, 0.4) is 0 Å². The standard InChI is InChI=1S/C24H44O4/c1-5-9-11-15-21(13-7-3)19-27-23(25)17-18-24(26)28-20-22(14-8-4)16-12-10-6-2/h17-18,21-22H,5-16,19-20H2,1-4H3/b18-17-. The third kappa shape index (κ3) is 15.7. The number of esters is 2. The Morgan fingerprint density at radius 3 is 1.32 bits per heavy atom. The highest BCUT2D eigenvalue weighted by Gasteiger charge is 2.12. The monoisotopic (exact) mass is 396 g/mol. The van der Waals surface area contributed by atoms with Gasteiger partial charge in [0.1, 0.15) is 0 Å². The largest absolute Gasteiger partial charge is 0.462 e. The average Bonchev–Trinajstić information content (AvgIpc) is 2.68. The van der Waals surface area contributed by atoms with Crippen molar-refractivity contribution in [2.45, 2.75) is 105 Å². The lowest BCUT2D eigenvalue weighted by atomic mass is 9.97. The van der Waals surface area contributed by atoms with Crippen LogP contribution in [0.5, 0.6) is 0 Å². The van der Waals surface area contributed by atoms with Crippen LogP contribution in [0.2, 0.25) is 0 Å². The van der Waals surface area contributed by atoms with Crippen LogP contribution < -0.4 is 0 Å². The third-order valence-corrected chi connectivity index (χ3v) is 5.10. The second-order valence-electron chi connectivity index (χ2n) is 7.89. The number of ether oxygens (including phenoxy) is 2. The number of unbranched alkanes of at least 4 members (excludes halogenated alkanes) is 4. The van der Waals surface area contributed by atoms with Gasteiger partial charge in [0.2, 0.25) is 0 Å². The van der Waals surface area contributed by atoms with Crippen molar-refractivity contribution < 1.29 is 19.1 Å². The predicted octanol–water partition coefficient (Wildman–Crippen LogP) is 6.62. The van der Waals surface area contributed by atoms with Gasteiger partial charge >= 0.3 is 11.9 Å². The molecule has 0 aliphatic carbocycles. The molecule has 2 unspecified atom stereocenters. The summed E-state index contributed by atoms with van der Waals surface area (Å²) in [6, 6.07) is 0. The van der Waals surface area contributed by atoms with E-state index in [-0.39, 0.29) is 0 Å². The highest BCUT2D eigenvalue weighted by atomic mass is 16.5. The summed E-state index contributed by atoms with van der Waals surface area (Å²) in [5.74, 6) is -0.0826. The zero-order valence-electron chi connectivity index (χ0n) is 18.8. The van der Waals surface area contributed by atoms with Gasteiger partial charge < -0.3 is 9.47 Å². The maximum atomic E-state index is 11.9. The highest BCUT2D eigenvalue weighted by Crippen LogP contribution is 2.17. The number of rotatable bonds is 18. The normalized spacial score (nSPS) is 13.4. The molecule has 0 saturated heterocycles. The molecule has 0 bridgehead atoms. The molecule has 0 saturated carbocycles. The first-order valence-electron chi connectivity index (χ1n) is 11.6. The zero-order chi connectivity index (χ0) is 21.0. The molecule has 0 amide bonds. The summed E-state index contributed by atoms with van der Waals surface area (Å²) in [4.78, 5) is 23.8. The minimum absolute atomic E-state index is 0.416. The minimum atomic E-state index is -0.457. The van der Waals surface area contributed by atoms with Gasteiger partial charge in [0.25, 0.3) is 0 Å². The molecule has 0 spiro atoms. The Morgan fingerprint density at radius 2 is 1.00 bits per heavy atom. The Morgan fingerprint density at radius 1 is 0.607 bits per heavy atom. The van der Waals surface area contributed by atoms with Crippen molar-refractivity contribution in [3.05, 3.63) is 12.2 Å². The molecule has 0 rings (SSSR count). The molecule has 28 heavy (non-hydrogen) atoms. The van der Waals surface area contributed by atoms with E-state index in [1.807, 2.05) is 0 Å². The van der Waals surface area contributed by atoms with Gasteiger partial charge in [0, 0.05) is 12.2 Å². The molecule has 0 radical (unpaired) electrons. The van der Waals surface area contributed by atoms with Crippen molar-refractivity contribution in [1.82, 2.24) is 0 Å². The minimum Gasteiger partial charge on any atom is -0.462 e. The number of hydrogen-bond acceptors (Lipinski definition) is 4. The Bertz CT molecular complexity index is 379. The maximum absolute atomic E-state index is 11.9. The van der Waals surface area contributed by atoms with Crippen molar-refractivity contribution in [3.63, 3.8) is 0 Å². The van der Waals surface area contributed by atoms with Crippen LogP contribution in [0.15, 0.2) is 12.2 Å². The summed E-state index contributed by atoms with van der Waals surface area (Å²) in [5, 5.41) is 0. The lowest BCUT2D eigenvalue weighted by molar-refractivity contribution is -0.142. The molecule has 0 fully saturated rings. The van der Waals surface area contributed by atoms with Gasteiger partial charge in [0.05, 0.1) is 13.2 Å². The molecule has 0 aromatic rings. The van der Waals surface area contributed by atoms with Crippen LogP contribution in [-0.2, 0) is 19.1 Å². The molecular formula is C24H44O4. The topological polar surface area (TPSA) is 52.6 Å². The summed E-state index contributed by atoms with van der Waals surface area (Å²) in [6.45, 7) is 9.55. The van der Waals surface area contributed by atoms with Crippen molar-refractivity contribution in [3.8, 4) is 0 Å². The van der Waals surface area contributed by atoms with E-state index in [0.29, 0.717) is 25.0 Å². The van der Waals surface area contributed by atoms with Crippen molar-refractivity contribution >= 4 is 11.9 Å². The fraction of sp³-hybridized carbons (Fsp3) is 0.833. The van der Waals surface area contributed by atoms with Crippen molar-refractivity contribution in [2.75, 3.05) is 13.2 Å². The Hall–Kier alpha value is -1.32. The summed E-state index contributed by atoms with van der Waals surface area (Å²) in [7, 11) is 0. The molecule has 0 aromatic heterocycles. The zero-order valence-corrected chi connectivity index (χ0v) is 18.8. The van der Waals surface area contributed by atoms with E-state index in [0.717, 1.165) is 38.5 Å². The lowest BCUT2D eigenvalue weighted by Gasteiger charge is -2.16. The summed E-state index contributed by atoms with van der Waals surface area (Å²) in [6.07, 6.45) is 16.1. The molecule has 164 valence electrons. The average molecular weight is 397 g/mol. The molecule has 0 aliphatic heterocycles. The Kier molecular flexibility index (Phi) is 18.1. The third-order valence-electron chi connectivity index (χ3n) is 5.10. The van der Waals surface area contributed by atoms with E-state index in [9.17, 15) is 9.59 Å². The van der Waals surface area contributed by atoms with Gasteiger partial charge in [-0.25, -0.2) is 9.59 Å². The first kappa shape index (κ1) is 26.7. The number of carbonyl (C=O) groups excluding carboxylic acids is 2. The second kappa shape index (κ2) is 19.0. The lowest BCUT2D eigenvalue weighted by Crippen LogP contribution is -2.15. The second-order valence-corrected chi connectivity index (χ2v) is 7.89. The molecule has 0 N–H and O–H groups in total. The van der Waals surface area contributed by atoms with E-state index in [1.54, 1.807) is 0 Å². The predicted molar refractivity (Wildman–Crippen MR) is 116 cm³/mol. The SMILES string of the molecule is CCCCCC(CCC)COC(=O)/C=C\C(=O)OCC(CCC)CCCCC. The maximum Gasteiger partial charge on any atom is 0.331 e. The van der Waals surface area contributed by atoms with E-state index in [2.05, 4.69) is 27.7 Å². The Labute approximate surface area is 173 Å².